The molecule has 1 atom stereocenters. The van der Waals surface area contributed by atoms with E-state index in [0.717, 1.165) is 41.8 Å². The second kappa shape index (κ2) is 10.2. The van der Waals surface area contributed by atoms with E-state index in [4.69, 9.17) is 9.47 Å². The fourth-order valence-corrected chi connectivity index (χ4v) is 4.62. The predicted molar refractivity (Wildman–Crippen MR) is 138 cm³/mol. The van der Waals surface area contributed by atoms with Crippen molar-refractivity contribution in [2.24, 2.45) is 5.92 Å². The molecule has 0 aliphatic carbocycles. The zero-order chi connectivity index (χ0) is 25.1. The van der Waals surface area contributed by atoms with Gasteiger partial charge >= 0.3 is 0 Å². The number of amides is 1. The van der Waals surface area contributed by atoms with E-state index in [0.29, 0.717) is 30.2 Å². The van der Waals surface area contributed by atoms with Gasteiger partial charge in [0.05, 0.1) is 31.2 Å². The average Bonchev–Trinajstić information content (AvgIpc) is 3.36. The van der Waals surface area contributed by atoms with Gasteiger partial charge in [-0.1, -0.05) is 23.8 Å². The largest absolute Gasteiger partial charge is 0.493 e. The molecule has 1 N–H and O–H groups in total. The molecule has 1 fully saturated rings. The van der Waals surface area contributed by atoms with Crippen LogP contribution in [0.5, 0.6) is 11.5 Å². The van der Waals surface area contributed by atoms with Crippen LogP contribution in [0.4, 0.5) is 5.82 Å². The third-order valence-electron chi connectivity index (χ3n) is 6.60. The van der Waals surface area contributed by atoms with Crippen molar-refractivity contribution in [3.63, 3.8) is 0 Å². The molecule has 3 heterocycles. The molecule has 2 aromatic carbocycles. The van der Waals surface area contributed by atoms with Crippen molar-refractivity contribution in [1.29, 1.82) is 0 Å². The van der Waals surface area contributed by atoms with Gasteiger partial charge < -0.3 is 19.7 Å². The molecule has 0 saturated carbocycles. The van der Waals surface area contributed by atoms with E-state index in [1.54, 1.807) is 20.5 Å². The van der Waals surface area contributed by atoms with Crippen LogP contribution in [-0.4, -0.2) is 53.0 Å². The molecule has 1 aliphatic heterocycles. The Morgan fingerprint density at radius 3 is 2.67 bits per heavy atom. The number of methoxy groups -OCH3 is 2. The van der Waals surface area contributed by atoms with Gasteiger partial charge in [0.15, 0.2) is 17.1 Å². The minimum Gasteiger partial charge on any atom is -0.493 e. The van der Waals surface area contributed by atoms with Crippen LogP contribution in [-0.2, 0) is 11.3 Å². The predicted octanol–water partition coefficient (Wildman–Crippen LogP) is 3.67. The number of carbonyl (C=O) groups is 1. The summed E-state index contributed by atoms with van der Waals surface area (Å²) in [6.07, 6.45) is 5.26. The summed E-state index contributed by atoms with van der Waals surface area (Å²) in [5.41, 5.74) is 3.76. The number of anilines is 1. The number of ether oxygens (including phenoxy) is 2. The molecular weight excluding hydrogens is 456 g/mol. The first-order valence-electron chi connectivity index (χ1n) is 12.1. The number of aromatic nitrogens is 4. The van der Waals surface area contributed by atoms with Gasteiger partial charge in [-0.25, -0.2) is 14.6 Å². The van der Waals surface area contributed by atoms with Crippen molar-refractivity contribution in [3.8, 4) is 17.2 Å². The van der Waals surface area contributed by atoms with E-state index >= 15 is 0 Å². The summed E-state index contributed by atoms with van der Waals surface area (Å²) >= 11 is 0. The highest BCUT2D eigenvalue weighted by Gasteiger charge is 2.28. The normalized spacial score (nSPS) is 15.6. The Balaban J connectivity index is 1.29. The number of benzene rings is 2. The van der Waals surface area contributed by atoms with Gasteiger partial charge in [-0.15, -0.1) is 5.10 Å². The quantitative estimate of drug-likeness (QED) is 0.426. The topological polar surface area (TPSA) is 94.4 Å². The molecule has 4 aromatic rings. The molecule has 9 nitrogen and oxygen atoms in total. The fraction of sp³-hybridized carbons (Fsp3) is 0.333. The lowest BCUT2D eigenvalue weighted by molar-refractivity contribution is -0.125. The highest BCUT2D eigenvalue weighted by molar-refractivity contribution is 5.87. The van der Waals surface area contributed by atoms with Crippen LogP contribution >= 0.6 is 0 Å². The molecule has 0 unspecified atom stereocenters. The molecule has 2 aromatic heterocycles. The summed E-state index contributed by atoms with van der Waals surface area (Å²) in [5.74, 6) is 2.03. The van der Waals surface area contributed by atoms with Crippen molar-refractivity contribution in [3.05, 3.63) is 66.1 Å². The van der Waals surface area contributed by atoms with Crippen LogP contribution in [0.15, 0.2) is 55.0 Å². The number of piperidine rings is 1. The molecule has 1 amide bonds. The van der Waals surface area contributed by atoms with Gasteiger partial charge in [0, 0.05) is 25.8 Å². The number of nitrogens with one attached hydrogen (secondary N) is 1. The number of fused-ring (bicyclic) bond motifs is 1. The Hall–Kier alpha value is -4.14. The molecular formula is C27H30N6O3. The van der Waals surface area contributed by atoms with Crippen molar-refractivity contribution in [2.75, 3.05) is 32.2 Å². The van der Waals surface area contributed by atoms with E-state index in [1.807, 2.05) is 41.2 Å². The first-order valence-corrected chi connectivity index (χ1v) is 12.1. The first kappa shape index (κ1) is 23.6. The van der Waals surface area contributed by atoms with Crippen molar-refractivity contribution >= 4 is 22.8 Å². The Morgan fingerprint density at radius 2 is 1.89 bits per heavy atom. The van der Waals surface area contributed by atoms with Gasteiger partial charge in [-0.3, -0.25) is 4.79 Å². The summed E-state index contributed by atoms with van der Waals surface area (Å²) < 4.78 is 12.5. The summed E-state index contributed by atoms with van der Waals surface area (Å²) in [6, 6.07) is 13.9. The summed E-state index contributed by atoms with van der Waals surface area (Å²) in [5, 5.41) is 8.62. The molecule has 1 aliphatic rings. The third kappa shape index (κ3) is 4.82. The Labute approximate surface area is 210 Å². The second-order valence-electron chi connectivity index (χ2n) is 9.04. The van der Waals surface area contributed by atoms with Gasteiger partial charge in [-0.2, -0.15) is 0 Å². The standard InChI is InChI=1S/C27H30N6O3/c1-18-6-9-21(10-7-18)33-16-22-25(31-33)29-17-30-26(22)32-12-4-5-20(15-32)27(34)28-14-19-8-11-23(35-2)24(13-19)36-3/h6-11,13,16-17,20H,4-5,12,14-15H2,1-3H3,(H,28,34)/t20-/m1/s1. The Bertz CT molecular complexity index is 1370. The van der Waals surface area contributed by atoms with E-state index < -0.39 is 0 Å². The fourth-order valence-electron chi connectivity index (χ4n) is 4.62. The molecule has 0 spiro atoms. The maximum absolute atomic E-state index is 13.1. The monoisotopic (exact) mass is 486 g/mol. The number of hydrogen-bond acceptors (Lipinski definition) is 7. The number of nitrogens with zero attached hydrogens (tertiary/aromatic N) is 5. The van der Waals surface area contributed by atoms with Crippen LogP contribution in [0.1, 0.15) is 24.0 Å². The zero-order valence-corrected chi connectivity index (χ0v) is 20.8. The molecule has 0 radical (unpaired) electrons. The van der Waals surface area contributed by atoms with Gasteiger partial charge in [0.2, 0.25) is 5.91 Å². The van der Waals surface area contributed by atoms with E-state index in [1.165, 1.54) is 5.56 Å². The van der Waals surface area contributed by atoms with E-state index in [-0.39, 0.29) is 11.8 Å². The number of carbonyl (C=O) groups excluding carboxylic acids is 1. The van der Waals surface area contributed by atoms with Crippen LogP contribution in [0.25, 0.3) is 16.7 Å². The molecule has 1 saturated heterocycles. The van der Waals surface area contributed by atoms with E-state index in [9.17, 15) is 4.79 Å². The highest BCUT2D eigenvalue weighted by atomic mass is 16.5. The molecule has 9 heteroatoms. The van der Waals surface area contributed by atoms with Crippen LogP contribution in [0.2, 0.25) is 0 Å². The molecule has 36 heavy (non-hydrogen) atoms. The first-order chi connectivity index (χ1) is 17.6. The SMILES string of the molecule is COc1ccc(CNC(=O)[C@@H]2CCCN(c3ncnc4nn(-c5ccc(C)cc5)cc34)C2)cc1OC. The summed E-state index contributed by atoms with van der Waals surface area (Å²) in [7, 11) is 3.21. The smallest absolute Gasteiger partial charge is 0.225 e. The van der Waals surface area contributed by atoms with Crippen molar-refractivity contribution < 1.29 is 14.3 Å². The Kier molecular flexibility index (Phi) is 6.71. The highest BCUT2D eigenvalue weighted by Crippen LogP contribution is 2.29. The number of aryl methyl sites for hydroxylation is 1. The summed E-state index contributed by atoms with van der Waals surface area (Å²) in [6.45, 7) is 3.92. The van der Waals surface area contributed by atoms with Crippen molar-refractivity contribution in [1.82, 2.24) is 25.1 Å². The van der Waals surface area contributed by atoms with Crippen molar-refractivity contribution in [2.45, 2.75) is 26.3 Å². The number of rotatable bonds is 7. The Morgan fingerprint density at radius 1 is 1.08 bits per heavy atom. The number of hydrogen-bond donors (Lipinski definition) is 1. The lowest BCUT2D eigenvalue weighted by Gasteiger charge is -2.33. The second-order valence-corrected chi connectivity index (χ2v) is 9.04. The molecule has 5 rings (SSSR count). The summed E-state index contributed by atoms with van der Waals surface area (Å²) in [4.78, 5) is 24.2. The lowest BCUT2D eigenvalue weighted by Crippen LogP contribution is -2.43. The van der Waals surface area contributed by atoms with Crippen LogP contribution in [0, 0.1) is 12.8 Å². The van der Waals surface area contributed by atoms with E-state index in [2.05, 4.69) is 44.3 Å². The maximum atomic E-state index is 13.1. The van der Waals surface area contributed by atoms with Gasteiger partial charge in [0.1, 0.15) is 12.1 Å². The van der Waals surface area contributed by atoms with Gasteiger partial charge in [-0.05, 0) is 49.6 Å². The lowest BCUT2D eigenvalue weighted by atomic mass is 9.97. The maximum Gasteiger partial charge on any atom is 0.225 e. The van der Waals surface area contributed by atoms with Crippen LogP contribution < -0.4 is 19.7 Å². The minimum absolute atomic E-state index is 0.0372. The average molecular weight is 487 g/mol. The molecule has 0 bridgehead atoms. The van der Waals surface area contributed by atoms with Gasteiger partial charge in [0.25, 0.3) is 0 Å². The zero-order valence-electron chi connectivity index (χ0n) is 20.8. The van der Waals surface area contributed by atoms with Crippen LogP contribution in [0.3, 0.4) is 0 Å². The third-order valence-corrected chi connectivity index (χ3v) is 6.60. The minimum atomic E-state index is -0.129. The molecule has 186 valence electrons.